The zero-order valence-corrected chi connectivity index (χ0v) is 10.2. The van der Waals surface area contributed by atoms with E-state index in [9.17, 15) is 4.79 Å². The molecular formula is C10H18BrNO2. The van der Waals surface area contributed by atoms with Crippen LogP contribution in [-0.4, -0.2) is 30.0 Å². The third-order valence-electron chi connectivity index (χ3n) is 2.38. The van der Waals surface area contributed by atoms with E-state index in [0.717, 1.165) is 37.6 Å². The fourth-order valence-electron chi connectivity index (χ4n) is 1.54. The van der Waals surface area contributed by atoms with E-state index in [1.807, 2.05) is 6.92 Å². The van der Waals surface area contributed by atoms with Crippen molar-refractivity contribution in [3.63, 3.8) is 0 Å². The summed E-state index contributed by atoms with van der Waals surface area (Å²) in [5.41, 5.74) is 0. The molecule has 1 amide bonds. The van der Waals surface area contributed by atoms with Crippen LogP contribution < -0.4 is 5.32 Å². The highest BCUT2D eigenvalue weighted by Crippen LogP contribution is 2.18. The lowest BCUT2D eigenvalue weighted by atomic mass is 10.2. The minimum Gasteiger partial charge on any atom is -0.365 e. The van der Waals surface area contributed by atoms with E-state index >= 15 is 0 Å². The van der Waals surface area contributed by atoms with Gasteiger partial charge in [0.05, 0.1) is 6.10 Å². The van der Waals surface area contributed by atoms with E-state index < -0.39 is 0 Å². The number of amides is 1. The topological polar surface area (TPSA) is 38.3 Å². The Balaban J connectivity index is 2.09. The number of ether oxygens (including phenoxy) is 1. The van der Waals surface area contributed by atoms with Crippen LogP contribution in [0, 0.1) is 0 Å². The predicted molar refractivity (Wildman–Crippen MR) is 59.6 cm³/mol. The molecule has 1 aliphatic rings. The number of hydrogen-bond donors (Lipinski definition) is 1. The molecular weight excluding hydrogens is 246 g/mol. The molecule has 4 heteroatoms. The second-order valence-corrected chi connectivity index (χ2v) is 4.49. The highest BCUT2D eigenvalue weighted by atomic mass is 79.9. The summed E-state index contributed by atoms with van der Waals surface area (Å²) in [5.74, 6) is 0.0592. The van der Waals surface area contributed by atoms with Crippen molar-refractivity contribution in [2.24, 2.45) is 0 Å². The van der Waals surface area contributed by atoms with E-state index in [0.29, 0.717) is 0 Å². The van der Waals surface area contributed by atoms with Gasteiger partial charge in [0.15, 0.2) is 0 Å². The number of alkyl halides is 1. The van der Waals surface area contributed by atoms with Crippen molar-refractivity contribution in [1.29, 1.82) is 0 Å². The van der Waals surface area contributed by atoms with Gasteiger partial charge in [-0.05, 0) is 32.6 Å². The highest BCUT2D eigenvalue weighted by molar-refractivity contribution is 9.09. The average Bonchev–Trinajstić information content (AvgIpc) is 2.59. The quantitative estimate of drug-likeness (QED) is 0.608. The van der Waals surface area contributed by atoms with Crippen molar-refractivity contribution < 1.29 is 9.53 Å². The zero-order valence-electron chi connectivity index (χ0n) is 8.59. The summed E-state index contributed by atoms with van der Waals surface area (Å²) < 4.78 is 5.46. The predicted octanol–water partition coefficient (Wildman–Crippen LogP) is 1.85. The first-order valence-corrected chi connectivity index (χ1v) is 6.35. The Morgan fingerprint density at radius 1 is 1.50 bits per heavy atom. The van der Waals surface area contributed by atoms with Crippen LogP contribution in [0.3, 0.4) is 0 Å². The van der Waals surface area contributed by atoms with Gasteiger partial charge in [0.2, 0.25) is 5.91 Å². The van der Waals surface area contributed by atoms with Crippen LogP contribution in [0.4, 0.5) is 0 Å². The Morgan fingerprint density at radius 2 is 2.29 bits per heavy atom. The molecule has 14 heavy (non-hydrogen) atoms. The maximum atomic E-state index is 11.5. The second-order valence-electron chi connectivity index (χ2n) is 3.70. The summed E-state index contributed by atoms with van der Waals surface area (Å²) in [7, 11) is 0. The lowest BCUT2D eigenvalue weighted by molar-refractivity contribution is -0.131. The summed E-state index contributed by atoms with van der Waals surface area (Å²) in [4.78, 5) is 11.5. The molecule has 1 N–H and O–H groups in total. The van der Waals surface area contributed by atoms with Gasteiger partial charge in [-0.1, -0.05) is 15.9 Å². The molecule has 1 fully saturated rings. The Morgan fingerprint density at radius 3 is 2.86 bits per heavy atom. The van der Waals surface area contributed by atoms with E-state index in [-0.39, 0.29) is 18.1 Å². The molecule has 0 radical (unpaired) electrons. The highest BCUT2D eigenvalue weighted by Gasteiger charge is 2.27. The molecule has 0 aromatic carbocycles. The van der Waals surface area contributed by atoms with Crippen LogP contribution in [0.5, 0.6) is 0 Å². The molecule has 1 rings (SSSR count). The summed E-state index contributed by atoms with van der Waals surface area (Å²) in [6.07, 6.45) is 4.04. The fraction of sp³-hybridized carbons (Fsp3) is 0.900. The Kier molecular flexibility index (Phi) is 5.48. The van der Waals surface area contributed by atoms with Gasteiger partial charge in [0, 0.05) is 11.9 Å². The lowest BCUT2D eigenvalue weighted by Gasteiger charge is -2.11. The Bertz CT molecular complexity index is 187. The number of carbonyl (C=O) groups is 1. The molecule has 0 aromatic rings. The van der Waals surface area contributed by atoms with Crippen LogP contribution in [-0.2, 0) is 9.53 Å². The summed E-state index contributed by atoms with van der Waals surface area (Å²) >= 11 is 3.35. The summed E-state index contributed by atoms with van der Waals surface area (Å²) in [5, 5.41) is 3.90. The Hall–Kier alpha value is -0.0900. The number of carbonyl (C=O) groups excluding carboxylic acids is 1. The minimum atomic E-state index is -0.200. The molecule has 1 saturated heterocycles. The molecule has 2 unspecified atom stereocenters. The van der Waals surface area contributed by atoms with Gasteiger partial charge in [-0.2, -0.15) is 0 Å². The van der Waals surface area contributed by atoms with Crippen molar-refractivity contribution in [3.8, 4) is 0 Å². The second kappa shape index (κ2) is 6.40. The van der Waals surface area contributed by atoms with Crippen molar-refractivity contribution >= 4 is 21.8 Å². The molecule has 1 heterocycles. The summed E-state index contributed by atoms with van der Waals surface area (Å²) in [6.45, 7) is 2.77. The first-order chi connectivity index (χ1) is 6.74. The Labute approximate surface area is 93.7 Å². The van der Waals surface area contributed by atoms with Gasteiger partial charge in [-0.3, -0.25) is 4.79 Å². The molecule has 0 aromatic heterocycles. The molecule has 0 spiro atoms. The van der Waals surface area contributed by atoms with Crippen LogP contribution >= 0.6 is 15.9 Å². The molecule has 82 valence electrons. The number of rotatable bonds is 5. The fourth-order valence-corrected chi connectivity index (χ4v) is 1.94. The van der Waals surface area contributed by atoms with Crippen molar-refractivity contribution in [3.05, 3.63) is 0 Å². The third-order valence-corrected chi connectivity index (χ3v) is 2.94. The lowest BCUT2D eigenvalue weighted by Crippen LogP contribution is -2.35. The number of hydrogen-bond acceptors (Lipinski definition) is 2. The zero-order chi connectivity index (χ0) is 10.4. The smallest absolute Gasteiger partial charge is 0.249 e. The molecule has 3 nitrogen and oxygen atoms in total. The average molecular weight is 264 g/mol. The number of unbranched alkanes of at least 4 members (excludes halogenated alkanes) is 1. The monoisotopic (exact) mass is 263 g/mol. The standard InChI is InChI=1S/C10H18BrNO2/c1-8-4-5-9(14-8)10(13)12-7-3-2-6-11/h8-9H,2-7H2,1H3,(H,12,13). The SMILES string of the molecule is CC1CCC(C(=O)NCCCCBr)O1. The van der Waals surface area contributed by atoms with Gasteiger partial charge >= 0.3 is 0 Å². The van der Waals surface area contributed by atoms with Gasteiger partial charge in [-0.15, -0.1) is 0 Å². The number of halogens is 1. The van der Waals surface area contributed by atoms with Gasteiger partial charge in [0.25, 0.3) is 0 Å². The van der Waals surface area contributed by atoms with Crippen LogP contribution in [0.25, 0.3) is 0 Å². The maximum Gasteiger partial charge on any atom is 0.249 e. The first kappa shape index (κ1) is 12.0. The largest absolute Gasteiger partial charge is 0.365 e. The first-order valence-electron chi connectivity index (χ1n) is 5.23. The van der Waals surface area contributed by atoms with E-state index in [4.69, 9.17) is 4.74 Å². The molecule has 0 bridgehead atoms. The van der Waals surface area contributed by atoms with E-state index in [2.05, 4.69) is 21.2 Å². The van der Waals surface area contributed by atoms with Gasteiger partial charge in [-0.25, -0.2) is 0 Å². The third kappa shape index (κ3) is 3.96. The van der Waals surface area contributed by atoms with Crippen molar-refractivity contribution in [1.82, 2.24) is 5.32 Å². The van der Waals surface area contributed by atoms with Gasteiger partial charge in [0.1, 0.15) is 6.10 Å². The molecule has 1 aliphatic heterocycles. The van der Waals surface area contributed by atoms with Gasteiger partial charge < -0.3 is 10.1 Å². The van der Waals surface area contributed by atoms with Crippen LogP contribution in [0.1, 0.15) is 32.6 Å². The normalized spacial score (nSPS) is 26.4. The van der Waals surface area contributed by atoms with E-state index in [1.54, 1.807) is 0 Å². The van der Waals surface area contributed by atoms with Crippen LogP contribution in [0.15, 0.2) is 0 Å². The summed E-state index contributed by atoms with van der Waals surface area (Å²) in [6, 6.07) is 0. The maximum absolute atomic E-state index is 11.5. The van der Waals surface area contributed by atoms with Crippen molar-refractivity contribution in [2.45, 2.75) is 44.8 Å². The molecule has 0 saturated carbocycles. The van der Waals surface area contributed by atoms with Crippen LogP contribution in [0.2, 0.25) is 0 Å². The van der Waals surface area contributed by atoms with E-state index in [1.165, 1.54) is 0 Å². The van der Waals surface area contributed by atoms with Crippen molar-refractivity contribution in [2.75, 3.05) is 11.9 Å². The minimum absolute atomic E-state index is 0.0592. The molecule has 0 aliphatic carbocycles. The molecule has 2 atom stereocenters. The number of nitrogens with one attached hydrogen (secondary N) is 1.